The molecule has 1 aromatic rings. The molecule has 0 aromatic heterocycles. The van der Waals surface area contributed by atoms with Gasteiger partial charge in [-0.15, -0.1) is 0 Å². The Morgan fingerprint density at radius 2 is 2.20 bits per heavy atom. The quantitative estimate of drug-likeness (QED) is 0.743. The van der Waals surface area contributed by atoms with Gasteiger partial charge >= 0.3 is 0 Å². The lowest BCUT2D eigenvalue weighted by Gasteiger charge is -2.36. The Balaban J connectivity index is 2.28. The summed E-state index contributed by atoms with van der Waals surface area (Å²) in [4.78, 5) is 0. The van der Waals surface area contributed by atoms with E-state index < -0.39 is 5.60 Å². The smallest absolute Gasteiger partial charge is 0.0899 e. The van der Waals surface area contributed by atoms with E-state index in [9.17, 15) is 5.11 Å². The van der Waals surface area contributed by atoms with Crippen molar-refractivity contribution in [2.24, 2.45) is 5.92 Å². The largest absolute Gasteiger partial charge is 0.385 e. The van der Waals surface area contributed by atoms with E-state index in [1.807, 2.05) is 6.07 Å². The Morgan fingerprint density at radius 1 is 1.40 bits per heavy atom. The molecule has 2 atom stereocenters. The molecule has 0 spiro atoms. The first-order chi connectivity index (χ1) is 7.10. The van der Waals surface area contributed by atoms with Crippen molar-refractivity contribution in [3.63, 3.8) is 0 Å². The van der Waals surface area contributed by atoms with Crippen LogP contribution in [0, 0.1) is 12.8 Å². The maximum absolute atomic E-state index is 10.6. The van der Waals surface area contributed by atoms with Crippen LogP contribution in [0.3, 0.4) is 0 Å². The normalized spacial score (nSPS) is 31.5. The van der Waals surface area contributed by atoms with Crippen LogP contribution >= 0.6 is 0 Å². The van der Waals surface area contributed by atoms with Crippen LogP contribution in [0.5, 0.6) is 0 Å². The second-order valence-corrected chi connectivity index (χ2v) is 5.10. The van der Waals surface area contributed by atoms with Crippen LogP contribution in [0.25, 0.3) is 0 Å². The van der Waals surface area contributed by atoms with E-state index in [1.54, 1.807) is 0 Å². The summed E-state index contributed by atoms with van der Waals surface area (Å²) in [5.74, 6) is 0.643. The monoisotopic (exact) mass is 204 g/mol. The van der Waals surface area contributed by atoms with E-state index >= 15 is 0 Å². The molecule has 1 aromatic carbocycles. The average molecular weight is 204 g/mol. The van der Waals surface area contributed by atoms with Crippen molar-refractivity contribution in [3.8, 4) is 0 Å². The van der Waals surface area contributed by atoms with Crippen LogP contribution < -0.4 is 0 Å². The summed E-state index contributed by atoms with van der Waals surface area (Å²) < 4.78 is 0. The molecule has 0 radical (unpaired) electrons. The highest BCUT2D eigenvalue weighted by molar-refractivity contribution is 5.27. The number of benzene rings is 1. The third-order valence-corrected chi connectivity index (χ3v) is 3.53. The van der Waals surface area contributed by atoms with E-state index in [4.69, 9.17) is 0 Å². The van der Waals surface area contributed by atoms with Crippen molar-refractivity contribution in [2.75, 3.05) is 0 Å². The van der Waals surface area contributed by atoms with Gasteiger partial charge in [-0.2, -0.15) is 0 Å². The minimum atomic E-state index is -0.566. The van der Waals surface area contributed by atoms with Gasteiger partial charge in [-0.3, -0.25) is 0 Å². The first-order valence-corrected chi connectivity index (χ1v) is 5.90. The molecule has 1 N–H and O–H groups in total. The predicted molar refractivity (Wildman–Crippen MR) is 62.7 cm³/mol. The molecule has 1 aliphatic rings. The highest BCUT2D eigenvalue weighted by atomic mass is 16.3. The molecular weight excluding hydrogens is 184 g/mol. The van der Waals surface area contributed by atoms with Gasteiger partial charge in [-0.05, 0) is 37.7 Å². The molecule has 15 heavy (non-hydrogen) atoms. The molecule has 0 unspecified atom stereocenters. The van der Waals surface area contributed by atoms with Gasteiger partial charge in [0, 0.05) is 0 Å². The van der Waals surface area contributed by atoms with E-state index in [-0.39, 0.29) is 0 Å². The van der Waals surface area contributed by atoms with Crippen molar-refractivity contribution < 1.29 is 5.11 Å². The van der Waals surface area contributed by atoms with E-state index in [0.717, 1.165) is 24.8 Å². The van der Waals surface area contributed by atoms with Crippen LogP contribution in [0.2, 0.25) is 0 Å². The lowest BCUT2D eigenvalue weighted by atomic mass is 9.75. The van der Waals surface area contributed by atoms with E-state index in [0.29, 0.717) is 5.92 Å². The van der Waals surface area contributed by atoms with Gasteiger partial charge in [0.15, 0.2) is 0 Å². The first kappa shape index (κ1) is 10.7. The van der Waals surface area contributed by atoms with Crippen molar-refractivity contribution in [3.05, 3.63) is 35.4 Å². The molecule has 82 valence electrons. The Morgan fingerprint density at radius 3 is 2.87 bits per heavy atom. The van der Waals surface area contributed by atoms with Crippen molar-refractivity contribution >= 4 is 0 Å². The van der Waals surface area contributed by atoms with E-state index in [1.165, 1.54) is 12.0 Å². The highest BCUT2D eigenvalue weighted by Crippen LogP contribution is 2.39. The summed E-state index contributed by atoms with van der Waals surface area (Å²) in [5, 5.41) is 10.6. The molecule has 0 bridgehead atoms. The Hall–Kier alpha value is -0.820. The Bertz CT molecular complexity index is 345. The second kappa shape index (κ2) is 3.97. The van der Waals surface area contributed by atoms with Gasteiger partial charge in [0.25, 0.3) is 0 Å². The number of aliphatic hydroxyl groups is 1. The molecule has 2 rings (SSSR count). The van der Waals surface area contributed by atoms with Gasteiger partial charge < -0.3 is 5.11 Å². The van der Waals surface area contributed by atoms with Crippen molar-refractivity contribution in [2.45, 2.75) is 45.1 Å². The fourth-order valence-corrected chi connectivity index (χ4v) is 2.72. The molecular formula is C14H20O. The lowest BCUT2D eigenvalue weighted by Crippen LogP contribution is -2.31. The average Bonchev–Trinajstić information content (AvgIpc) is 2.17. The van der Waals surface area contributed by atoms with Crippen LogP contribution in [-0.4, -0.2) is 5.11 Å². The number of hydrogen-bond donors (Lipinski definition) is 1. The van der Waals surface area contributed by atoms with Crippen LogP contribution in [0.1, 0.15) is 43.7 Å². The molecule has 1 aliphatic carbocycles. The van der Waals surface area contributed by atoms with Gasteiger partial charge in [0.1, 0.15) is 0 Å². The summed E-state index contributed by atoms with van der Waals surface area (Å²) in [5.41, 5.74) is 1.78. The standard InChI is InChI=1S/C14H20O/c1-11-5-3-7-13(9-11)14(15)8-4-6-12(2)10-14/h3,5,7,9,12,15H,4,6,8,10H2,1-2H3/t12-,14+/m1/s1. The number of aryl methyl sites for hydroxylation is 1. The molecule has 1 nitrogen and oxygen atoms in total. The molecule has 1 fully saturated rings. The zero-order valence-electron chi connectivity index (χ0n) is 9.66. The Labute approximate surface area is 92.1 Å². The zero-order valence-corrected chi connectivity index (χ0v) is 9.66. The minimum absolute atomic E-state index is 0.566. The second-order valence-electron chi connectivity index (χ2n) is 5.10. The fraction of sp³-hybridized carbons (Fsp3) is 0.571. The fourth-order valence-electron chi connectivity index (χ4n) is 2.72. The SMILES string of the molecule is Cc1cccc([C@]2(O)CCC[C@@H](C)C2)c1. The van der Waals surface area contributed by atoms with Crippen LogP contribution in [-0.2, 0) is 5.60 Å². The van der Waals surface area contributed by atoms with Gasteiger partial charge in [-0.1, -0.05) is 43.2 Å². The van der Waals surface area contributed by atoms with Crippen molar-refractivity contribution in [1.29, 1.82) is 0 Å². The maximum Gasteiger partial charge on any atom is 0.0899 e. The lowest BCUT2D eigenvalue weighted by molar-refractivity contribution is -0.0179. The predicted octanol–water partition coefficient (Wildman–Crippen LogP) is 3.39. The first-order valence-electron chi connectivity index (χ1n) is 5.90. The minimum Gasteiger partial charge on any atom is -0.385 e. The molecule has 1 heteroatoms. The van der Waals surface area contributed by atoms with Crippen LogP contribution in [0.15, 0.2) is 24.3 Å². The third-order valence-electron chi connectivity index (χ3n) is 3.53. The number of hydrogen-bond acceptors (Lipinski definition) is 1. The topological polar surface area (TPSA) is 20.2 Å². The van der Waals surface area contributed by atoms with E-state index in [2.05, 4.69) is 32.0 Å². The van der Waals surface area contributed by atoms with Crippen LogP contribution in [0.4, 0.5) is 0 Å². The summed E-state index contributed by atoms with van der Waals surface area (Å²) >= 11 is 0. The summed E-state index contributed by atoms with van der Waals surface area (Å²) in [6.07, 6.45) is 4.23. The number of rotatable bonds is 1. The summed E-state index contributed by atoms with van der Waals surface area (Å²) in [6.45, 7) is 4.32. The highest BCUT2D eigenvalue weighted by Gasteiger charge is 2.34. The molecule has 0 aliphatic heterocycles. The molecule has 0 heterocycles. The van der Waals surface area contributed by atoms with Crippen molar-refractivity contribution in [1.82, 2.24) is 0 Å². The molecule has 0 amide bonds. The Kier molecular flexibility index (Phi) is 2.83. The molecule has 0 saturated heterocycles. The van der Waals surface area contributed by atoms with Gasteiger partial charge in [0.2, 0.25) is 0 Å². The van der Waals surface area contributed by atoms with Gasteiger partial charge in [-0.25, -0.2) is 0 Å². The summed E-state index contributed by atoms with van der Waals surface area (Å²) in [6, 6.07) is 8.31. The maximum atomic E-state index is 10.6. The van der Waals surface area contributed by atoms with Gasteiger partial charge in [0.05, 0.1) is 5.60 Å². The third kappa shape index (κ3) is 2.23. The zero-order chi connectivity index (χ0) is 10.9. The molecule has 1 saturated carbocycles. The summed E-state index contributed by atoms with van der Waals surface area (Å²) in [7, 11) is 0.